The third kappa shape index (κ3) is 4.24. The van der Waals surface area contributed by atoms with Crippen LogP contribution in [0.4, 0.5) is 15.8 Å². The Balaban J connectivity index is 2.07. The molecule has 2 aromatic carbocycles. The summed E-state index contributed by atoms with van der Waals surface area (Å²) in [5, 5.41) is 4.67. The van der Waals surface area contributed by atoms with Crippen molar-refractivity contribution < 1.29 is 27.4 Å². The van der Waals surface area contributed by atoms with Crippen LogP contribution in [0.15, 0.2) is 48.8 Å². The lowest BCUT2D eigenvalue weighted by Gasteiger charge is -2.26. The Morgan fingerprint density at radius 2 is 1.97 bits per heavy atom. The van der Waals surface area contributed by atoms with E-state index in [9.17, 15) is 17.9 Å². The third-order valence-electron chi connectivity index (χ3n) is 3.94. The number of benzene rings is 2. The molecule has 0 spiro atoms. The summed E-state index contributed by atoms with van der Waals surface area (Å²) in [6, 6.07) is 8.66. The molecular weight excluding hydrogens is 425 g/mol. The molecule has 11 heteroatoms. The van der Waals surface area contributed by atoms with Crippen molar-refractivity contribution in [2.45, 2.75) is 0 Å². The second-order valence-electron chi connectivity index (χ2n) is 5.63. The highest BCUT2D eigenvalue weighted by atomic mass is 35.5. The zero-order valence-corrected chi connectivity index (χ0v) is 16.7. The van der Waals surface area contributed by atoms with Crippen LogP contribution in [0.2, 0.25) is 5.02 Å². The van der Waals surface area contributed by atoms with Gasteiger partial charge in [-0.1, -0.05) is 11.6 Å². The molecule has 0 radical (unpaired) electrons. The first kappa shape index (κ1) is 20.8. The van der Waals surface area contributed by atoms with E-state index in [1.807, 2.05) is 0 Å². The van der Waals surface area contributed by atoms with Gasteiger partial charge in [-0.15, -0.1) is 0 Å². The lowest BCUT2D eigenvalue weighted by Crippen LogP contribution is -2.20. The highest BCUT2D eigenvalue weighted by Crippen LogP contribution is 2.37. The molecule has 0 bridgehead atoms. The maximum absolute atomic E-state index is 14.4. The van der Waals surface area contributed by atoms with Crippen molar-refractivity contribution >= 4 is 40.2 Å². The highest BCUT2D eigenvalue weighted by molar-refractivity contribution is 7.81. The Kier molecular flexibility index (Phi) is 6.16. The van der Waals surface area contributed by atoms with Gasteiger partial charge in [-0.3, -0.25) is 8.51 Å². The van der Waals surface area contributed by atoms with Crippen molar-refractivity contribution in [1.29, 1.82) is 0 Å². The van der Waals surface area contributed by atoms with Crippen LogP contribution < -0.4 is 9.04 Å². The number of aromatic nitrogens is 2. The van der Waals surface area contributed by atoms with E-state index in [0.29, 0.717) is 10.7 Å². The predicted molar refractivity (Wildman–Crippen MR) is 104 cm³/mol. The van der Waals surface area contributed by atoms with E-state index >= 15 is 0 Å². The number of ether oxygens (including phenoxy) is 2. The minimum atomic E-state index is -2.85. The lowest BCUT2D eigenvalue weighted by atomic mass is 10.1. The van der Waals surface area contributed by atoms with Crippen molar-refractivity contribution in [3.8, 4) is 11.4 Å². The number of hydrogen-bond donors (Lipinski definition) is 0. The summed E-state index contributed by atoms with van der Waals surface area (Å²) >= 11 is 3.02. The van der Waals surface area contributed by atoms with Crippen molar-refractivity contribution in [2.75, 3.05) is 18.5 Å². The van der Waals surface area contributed by atoms with Gasteiger partial charge < -0.3 is 14.0 Å². The van der Waals surface area contributed by atoms with Gasteiger partial charge in [-0.2, -0.15) is 5.10 Å². The van der Waals surface area contributed by atoms with Crippen LogP contribution >= 0.6 is 11.6 Å². The first-order valence-corrected chi connectivity index (χ1v) is 9.42. The number of hydrogen-bond acceptors (Lipinski definition) is 6. The Bertz CT molecular complexity index is 1070. The molecule has 0 saturated carbocycles. The fourth-order valence-electron chi connectivity index (χ4n) is 2.59. The number of anilines is 2. The molecule has 3 aromatic rings. The van der Waals surface area contributed by atoms with Gasteiger partial charge in [-0.05, 0) is 30.3 Å². The van der Waals surface area contributed by atoms with Crippen molar-refractivity contribution in [3.05, 3.63) is 65.2 Å². The van der Waals surface area contributed by atoms with E-state index in [1.54, 1.807) is 24.3 Å². The molecule has 1 atom stereocenters. The van der Waals surface area contributed by atoms with Gasteiger partial charge in [0.1, 0.15) is 11.6 Å². The summed E-state index contributed by atoms with van der Waals surface area (Å²) in [5.41, 5.74) is 0.233. The number of carbonyl (C=O) groups is 1. The van der Waals surface area contributed by atoms with Crippen LogP contribution in [0, 0.1) is 5.82 Å². The van der Waals surface area contributed by atoms with E-state index in [4.69, 9.17) is 16.3 Å². The molecule has 0 aliphatic rings. The van der Waals surface area contributed by atoms with Gasteiger partial charge in [0.2, 0.25) is 0 Å². The normalized spacial score (nSPS) is 11.8. The van der Waals surface area contributed by atoms with Crippen LogP contribution in [0.3, 0.4) is 0 Å². The lowest BCUT2D eigenvalue weighted by molar-refractivity contribution is 0.0595. The quantitative estimate of drug-likeness (QED) is 0.432. The molecule has 0 fully saturated rings. The fourth-order valence-corrected chi connectivity index (χ4v) is 3.29. The van der Waals surface area contributed by atoms with Gasteiger partial charge >= 0.3 is 5.97 Å². The molecule has 29 heavy (non-hydrogen) atoms. The molecular formula is C18H14ClFN3O5S-. The second-order valence-corrected chi connectivity index (χ2v) is 6.86. The maximum Gasteiger partial charge on any atom is 0.340 e. The number of nitrogens with zero attached hydrogens (tertiary/aromatic N) is 3. The standard InChI is InChI=1S/C18H15ClFN3O5S/c1-27-17-7-14(18(24)28-2)15(20)8-16(17)23(29(25)26)13-9-21-22(10-13)12-5-3-11(19)4-6-12/h3-10H,1-2H3,(H,25,26)/p-1. The van der Waals surface area contributed by atoms with Gasteiger partial charge in [0.05, 0.1) is 60.5 Å². The Morgan fingerprint density at radius 1 is 1.28 bits per heavy atom. The van der Waals surface area contributed by atoms with Gasteiger partial charge in [-0.25, -0.2) is 13.9 Å². The molecule has 3 rings (SSSR count). The Morgan fingerprint density at radius 3 is 2.55 bits per heavy atom. The summed E-state index contributed by atoms with van der Waals surface area (Å²) in [6.45, 7) is 0. The largest absolute Gasteiger partial charge is 0.755 e. The molecule has 0 aliphatic carbocycles. The fraction of sp³-hybridized carbons (Fsp3) is 0.111. The van der Waals surface area contributed by atoms with Gasteiger partial charge in [0, 0.05) is 11.1 Å². The molecule has 152 valence electrons. The minimum absolute atomic E-state index is 0.0461. The zero-order valence-electron chi connectivity index (χ0n) is 15.2. The smallest absolute Gasteiger partial charge is 0.340 e. The molecule has 0 saturated heterocycles. The summed E-state index contributed by atoms with van der Waals surface area (Å²) in [4.78, 5) is 11.7. The Hall–Kier alpha value is -2.95. The summed E-state index contributed by atoms with van der Waals surface area (Å²) in [7, 11) is 2.37. The average Bonchev–Trinajstić information content (AvgIpc) is 3.17. The van der Waals surface area contributed by atoms with Gasteiger partial charge in [0.15, 0.2) is 0 Å². The molecule has 1 aromatic heterocycles. The molecule has 0 amide bonds. The molecule has 1 heterocycles. The summed E-state index contributed by atoms with van der Waals surface area (Å²) < 4.78 is 50.2. The Labute approximate surface area is 172 Å². The minimum Gasteiger partial charge on any atom is -0.755 e. The van der Waals surface area contributed by atoms with Crippen molar-refractivity contribution in [2.24, 2.45) is 0 Å². The number of methoxy groups -OCH3 is 2. The van der Waals surface area contributed by atoms with E-state index < -0.39 is 23.1 Å². The van der Waals surface area contributed by atoms with Crippen LogP contribution in [0.25, 0.3) is 5.69 Å². The summed E-state index contributed by atoms with van der Waals surface area (Å²) in [6.07, 6.45) is 2.72. The van der Waals surface area contributed by atoms with Crippen LogP contribution in [0.1, 0.15) is 10.4 Å². The zero-order chi connectivity index (χ0) is 21.1. The topological polar surface area (TPSA) is 96.7 Å². The van der Waals surface area contributed by atoms with Crippen LogP contribution in [0.5, 0.6) is 5.75 Å². The molecule has 1 unspecified atom stereocenters. The van der Waals surface area contributed by atoms with Gasteiger partial charge in [0.25, 0.3) is 0 Å². The number of halogens is 2. The van der Waals surface area contributed by atoms with E-state index in [-0.39, 0.29) is 22.7 Å². The first-order valence-electron chi connectivity index (χ1n) is 8.01. The second kappa shape index (κ2) is 8.60. The SMILES string of the molecule is COC(=O)c1cc(OC)c(N(c2cnn(-c3ccc(Cl)cc3)c2)S(=O)[O-])cc1F. The van der Waals surface area contributed by atoms with E-state index in [0.717, 1.165) is 23.5 Å². The molecule has 8 nitrogen and oxygen atoms in total. The van der Waals surface area contributed by atoms with E-state index in [2.05, 4.69) is 9.84 Å². The highest BCUT2D eigenvalue weighted by Gasteiger charge is 2.23. The average molecular weight is 439 g/mol. The van der Waals surface area contributed by atoms with Crippen molar-refractivity contribution in [1.82, 2.24) is 9.78 Å². The van der Waals surface area contributed by atoms with Crippen molar-refractivity contribution in [3.63, 3.8) is 0 Å². The monoisotopic (exact) mass is 438 g/mol. The van der Waals surface area contributed by atoms with Crippen LogP contribution in [-0.4, -0.2) is 38.7 Å². The first-order chi connectivity index (χ1) is 13.8. The van der Waals surface area contributed by atoms with E-state index in [1.165, 1.54) is 24.2 Å². The van der Waals surface area contributed by atoms with Crippen LogP contribution in [-0.2, 0) is 16.0 Å². The third-order valence-corrected chi connectivity index (χ3v) is 4.89. The number of rotatable bonds is 6. The number of carbonyl (C=O) groups excluding carboxylic acids is 1. The molecule has 0 N–H and O–H groups in total. The predicted octanol–water partition coefficient (Wildman–Crippen LogP) is 3.39. The summed E-state index contributed by atoms with van der Waals surface area (Å²) in [5.74, 6) is -1.93. The number of esters is 1. The maximum atomic E-state index is 14.4. The molecule has 0 aliphatic heterocycles.